The summed E-state index contributed by atoms with van der Waals surface area (Å²) in [7, 11) is 0. The third kappa shape index (κ3) is 4.15. The molecule has 1 unspecified atom stereocenters. The lowest BCUT2D eigenvalue weighted by molar-refractivity contribution is 0.468. The van der Waals surface area contributed by atoms with E-state index < -0.39 is 5.38 Å². The van der Waals surface area contributed by atoms with Gasteiger partial charge in [0.15, 0.2) is 0 Å². The second kappa shape index (κ2) is 8.79. The van der Waals surface area contributed by atoms with Gasteiger partial charge in [-0.3, -0.25) is 0 Å². The van der Waals surface area contributed by atoms with Crippen molar-refractivity contribution in [3.8, 4) is 45.3 Å². The van der Waals surface area contributed by atoms with Gasteiger partial charge in [0.2, 0.25) is 0 Å². The van der Waals surface area contributed by atoms with E-state index in [1.807, 2.05) is 24.3 Å². The van der Waals surface area contributed by atoms with Crippen molar-refractivity contribution in [3.05, 3.63) is 94.0 Å². The zero-order valence-corrected chi connectivity index (χ0v) is 19.6. The molecule has 2 aliphatic rings. The predicted octanol–water partition coefficient (Wildman–Crippen LogP) is 7.12. The Hall–Kier alpha value is -3.34. The second-order valence-electron chi connectivity index (χ2n) is 8.61. The van der Waals surface area contributed by atoms with Gasteiger partial charge in [0, 0.05) is 16.7 Å². The Kier molecular flexibility index (Phi) is 5.80. The van der Waals surface area contributed by atoms with Gasteiger partial charge in [-0.2, -0.15) is 0 Å². The van der Waals surface area contributed by atoms with Crippen LogP contribution in [0.5, 0.6) is 23.0 Å². The number of halogens is 2. The molecule has 0 saturated heterocycles. The molecule has 4 nitrogen and oxygen atoms in total. The maximum Gasteiger partial charge on any atom is 0.134 e. The molecular formula is C28H22Cl2O4. The van der Waals surface area contributed by atoms with Crippen LogP contribution in [0.1, 0.15) is 27.6 Å². The van der Waals surface area contributed by atoms with Gasteiger partial charge in [-0.05, 0) is 89.5 Å². The van der Waals surface area contributed by atoms with Gasteiger partial charge in [-0.1, -0.05) is 35.9 Å². The van der Waals surface area contributed by atoms with Crippen LogP contribution in [0, 0.1) is 0 Å². The minimum atomic E-state index is -0.415. The first-order chi connectivity index (χ1) is 16.3. The van der Waals surface area contributed by atoms with Crippen LogP contribution in [0.4, 0.5) is 0 Å². The molecule has 6 bridgehead atoms. The van der Waals surface area contributed by atoms with Crippen LogP contribution in [-0.4, -0.2) is 20.4 Å². The highest BCUT2D eigenvalue weighted by atomic mass is 35.5. The fraction of sp³-hybridized carbons (Fsp3) is 0.143. The highest BCUT2D eigenvalue weighted by Gasteiger charge is 2.19. The lowest BCUT2D eigenvalue weighted by Gasteiger charge is -2.17. The molecular weight excluding hydrogens is 471 g/mol. The average molecular weight is 493 g/mol. The number of alkyl halides is 1. The molecule has 0 radical (unpaired) electrons. The fourth-order valence-electron chi connectivity index (χ4n) is 4.52. The van der Waals surface area contributed by atoms with Crippen LogP contribution in [0.3, 0.4) is 0 Å². The number of benzene rings is 4. The Morgan fingerprint density at radius 2 is 1.29 bits per heavy atom. The Morgan fingerprint density at radius 1 is 0.588 bits per heavy atom. The number of aryl methyl sites for hydroxylation is 2. The van der Waals surface area contributed by atoms with E-state index in [-0.39, 0.29) is 28.0 Å². The molecule has 6 rings (SSSR count). The first-order valence-corrected chi connectivity index (χ1v) is 11.7. The molecule has 0 heterocycles. The molecule has 0 aliphatic heterocycles. The Labute approximate surface area is 207 Å². The maximum atomic E-state index is 10.9. The molecule has 0 fully saturated rings. The number of rotatable bonds is 0. The third-order valence-corrected chi connectivity index (χ3v) is 7.07. The number of phenols is 4. The number of hydrogen-bond acceptors (Lipinski definition) is 4. The van der Waals surface area contributed by atoms with E-state index in [2.05, 4.69) is 0 Å². The third-order valence-electron chi connectivity index (χ3n) is 6.36. The first kappa shape index (κ1) is 22.5. The summed E-state index contributed by atoms with van der Waals surface area (Å²) in [5, 5.41) is 42.0. The molecule has 6 heteroatoms. The zero-order valence-electron chi connectivity index (χ0n) is 18.1. The van der Waals surface area contributed by atoms with Gasteiger partial charge in [0.25, 0.3) is 0 Å². The number of fused-ring (bicyclic) bond motifs is 4. The lowest BCUT2D eigenvalue weighted by Crippen LogP contribution is -1.99. The Bertz CT molecular complexity index is 1410. The topological polar surface area (TPSA) is 80.9 Å². The van der Waals surface area contributed by atoms with Crippen molar-refractivity contribution in [2.24, 2.45) is 0 Å². The van der Waals surface area contributed by atoms with E-state index >= 15 is 0 Å². The summed E-state index contributed by atoms with van der Waals surface area (Å²) in [6.07, 6.45) is 1.61. The van der Waals surface area contributed by atoms with Crippen molar-refractivity contribution in [2.75, 3.05) is 0 Å². The molecule has 4 aromatic rings. The van der Waals surface area contributed by atoms with Crippen LogP contribution >= 0.6 is 23.2 Å². The van der Waals surface area contributed by atoms with Gasteiger partial charge in [-0.15, -0.1) is 11.6 Å². The van der Waals surface area contributed by atoms with E-state index in [9.17, 15) is 20.4 Å². The molecule has 4 N–H and O–H groups in total. The summed E-state index contributed by atoms with van der Waals surface area (Å²) >= 11 is 13.0. The van der Waals surface area contributed by atoms with Gasteiger partial charge >= 0.3 is 0 Å². The normalized spacial score (nSPS) is 15.2. The first-order valence-electron chi connectivity index (χ1n) is 10.9. The SMILES string of the molecule is Oc1cc2c(cc1Cl)-c1ccc(cc1O)CC(Cl)c1ccc(O)c(c1)-c1cc(ccc1O)CC2. The molecule has 0 amide bonds. The number of aromatic hydroxyl groups is 4. The van der Waals surface area contributed by atoms with Crippen molar-refractivity contribution < 1.29 is 20.4 Å². The average Bonchev–Trinajstić information content (AvgIpc) is 2.80. The van der Waals surface area contributed by atoms with Gasteiger partial charge < -0.3 is 20.4 Å². The van der Waals surface area contributed by atoms with Crippen LogP contribution in [0.2, 0.25) is 5.02 Å². The molecule has 0 aromatic heterocycles. The largest absolute Gasteiger partial charge is 0.507 e. The van der Waals surface area contributed by atoms with Gasteiger partial charge in [0.05, 0.1) is 10.4 Å². The van der Waals surface area contributed by atoms with Crippen LogP contribution in [0.25, 0.3) is 22.3 Å². The molecule has 0 spiro atoms. The van der Waals surface area contributed by atoms with Crippen molar-refractivity contribution in [1.82, 2.24) is 0 Å². The molecule has 4 aromatic carbocycles. The minimum absolute atomic E-state index is 0.0240. The molecule has 172 valence electrons. The van der Waals surface area contributed by atoms with Crippen molar-refractivity contribution in [1.29, 1.82) is 0 Å². The van der Waals surface area contributed by atoms with Gasteiger partial charge in [0.1, 0.15) is 23.0 Å². The molecule has 1 atom stereocenters. The molecule has 0 saturated carbocycles. The maximum absolute atomic E-state index is 10.9. The second-order valence-corrected chi connectivity index (χ2v) is 9.55. The van der Waals surface area contributed by atoms with E-state index in [1.165, 1.54) is 0 Å². The van der Waals surface area contributed by atoms with E-state index in [0.717, 1.165) is 27.8 Å². The van der Waals surface area contributed by atoms with Crippen LogP contribution in [-0.2, 0) is 19.3 Å². The zero-order chi connectivity index (χ0) is 24.0. The van der Waals surface area contributed by atoms with Crippen LogP contribution in [0.15, 0.2) is 66.7 Å². The summed E-state index contributed by atoms with van der Waals surface area (Å²) in [5.74, 6) is 0.194. The fourth-order valence-corrected chi connectivity index (χ4v) is 4.99. The van der Waals surface area contributed by atoms with E-state index in [0.29, 0.717) is 36.0 Å². The van der Waals surface area contributed by atoms with Gasteiger partial charge in [-0.25, -0.2) is 0 Å². The number of hydrogen-bond donors (Lipinski definition) is 4. The summed E-state index contributed by atoms with van der Waals surface area (Å²) in [5.41, 5.74) is 5.78. The quantitative estimate of drug-likeness (QED) is 0.197. The summed E-state index contributed by atoms with van der Waals surface area (Å²) < 4.78 is 0. The Morgan fingerprint density at radius 3 is 2.06 bits per heavy atom. The Balaban J connectivity index is 1.71. The van der Waals surface area contributed by atoms with E-state index in [1.54, 1.807) is 42.5 Å². The summed E-state index contributed by atoms with van der Waals surface area (Å²) in [6.45, 7) is 0. The minimum Gasteiger partial charge on any atom is -0.507 e. The summed E-state index contributed by atoms with van der Waals surface area (Å²) in [6, 6.07) is 19.2. The highest BCUT2D eigenvalue weighted by Crippen LogP contribution is 2.42. The molecule has 34 heavy (non-hydrogen) atoms. The smallest absolute Gasteiger partial charge is 0.134 e. The standard InChI is InChI=1S/C28H22Cl2O4/c29-23-10-16-2-6-19(27(33)11-16)20-14-24(30)28(34)13-17(20)4-1-15-3-7-25(31)21(9-15)22-12-18(23)5-8-26(22)32/h2-3,5-9,11-14,23,31-34H,1,4,10H2. The van der Waals surface area contributed by atoms with E-state index in [4.69, 9.17) is 23.2 Å². The predicted molar refractivity (Wildman–Crippen MR) is 135 cm³/mol. The monoisotopic (exact) mass is 492 g/mol. The molecule has 2 aliphatic carbocycles. The number of phenolic OH excluding ortho intramolecular Hbond substituents is 4. The van der Waals surface area contributed by atoms with Crippen molar-refractivity contribution in [3.63, 3.8) is 0 Å². The van der Waals surface area contributed by atoms with Crippen molar-refractivity contribution >= 4 is 23.2 Å². The van der Waals surface area contributed by atoms with Crippen LogP contribution < -0.4 is 0 Å². The lowest BCUT2D eigenvalue weighted by atomic mass is 9.91. The van der Waals surface area contributed by atoms with Crippen molar-refractivity contribution in [2.45, 2.75) is 24.6 Å². The summed E-state index contributed by atoms with van der Waals surface area (Å²) in [4.78, 5) is 0. The highest BCUT2D eigenvalue weighted by molar-refractivity contribution is 6.32.